The van der Waals surface area contributed by atoms with Crippen LogP contribution >= 0.6 is 11.6 Å². The van der Waals surface area contributed by atoms with E-state index in [1.165, 1.54) is 12.1 Å². The first-order valence-corrected chi connectivity index (χ1v) is 15.0. The number of aliphatic hydroxyl groups is 1. The van der Waals surface area contributed by atoms with Crippen molar-refractivity contribution in [2.45, 2.75) is 61.3 Å². The summed E-state index contributed by atoms with van der Waals surface area (Å²) in [6.45, 7) is 3.18. The third kappa shape index (κ3) is 7.05. The number of primary amides is 1. The molecule has 0 bridgehead atoms. The van der Waals surface area contributed by atoms with Crippen molar-refractivity contribution in [2.75, 3.05) is 11.9 Å². The summed E-state index contributed by atoms with van der Waals surface area (Å²) in [5.41, 5.74) is 8.68. The first-order valence-electron chi connectivity index (χ1n) is 13.0. The Morgan fingerprint density at radius 2 is 1.76 bits per heavy atom. The Balaban J connectivity index is 1.82. The van der Waals surface area contributed by atoms with E-state index in [1.54, 1.807) is 13.8 Å². The number of nitrogens with one attached hydrogen (secondary N) is 2. The van der Waals surface area contributed by atoms with Crippen LogP contribution in [0.5, 0.6) is 0 Å². The lowest BCUT2D eigenvalue weighted by molar-refractivity contribution is -0.130. The molecular formula is C27H32ClF3N4O6S. The molecule has 1 saturated carbocycles. The maximum atomic E-state index is 13.8. The fraction of sp³-hybridized carbons (Fsp3) is 0.444. The largest absolute Gasteiger partial charge is 0.387 e. The van der Waals surface area contributed by atoms with Gasteiger partial charge < -0.3 is 27.2 Å². The summed E-state index contributed by atoms with van der Waals surface area (Å²) >= 11 is 6.24. The Morgan fingerprint density at radius 1 is 1.14 bits per heavy atom. The second-order valence-electron chi connectivity index (χ2n) is 10.5. The van der Waals surface area contributed by atoms with Gasteiger partial charge in [0.1, 0.15) is 0 Å². The van der Waals surface area contributed by atoms with Crippen LogP contribution < -0.4 is 22.1 Å². The summed E-state index contributed by atoms with van der Waals surface area (Å²) in [6, 6.07) is 3.40. The third-order valence-corrected chi connectivity index (χ3v) is 10.4. The molecule has 2 aromatic carbocycles. The van der Waals surface area contributed by atoms with Gasteiger partial charge in [-0.15, -0.1) is 0 Å². The van der Waals surface area contributed by atoms with E-state index in [9.17, 15) is 41.1 Å². The van der Waals surface area contributed by atoms with Gasteiger partial charge in [-0.05, 0) is 42.9 Å². The first-order chi connectivity index (χ1) is 19.5. The molecule has 0 heterocycles. The van der Waals surface area contributed by atoms with Crippen molar-refractivity contribution in [3.05, 3.63) is 58.4 Å². The number of nitrogens with two attached hydrogens (primary N) is 2. The lowest BCUT2D eigenvalue weighted by Crippen LogP contribution is -2.59. The van der Waals surface area contributed by atoms with E-state index in [2.05, 4.69) is 10.6 Å². The molecule has 2 aromatic rings. The Bertz CT molecular complexity index is 1470. The molecule has 5 atom stereocenters. The minimum Gasteiger partial charge on any atom is -0.387 e. The molecule has 3 amide bonds. The van der Waals surface area contributed by atoms with E-state index >= 15 is 0 Å². The molecule has 230 valence electrons. The highest BCUT2D eigenvalue weighted by Gasteiger charge is 2.50. The maximum absolute atomic E-state index is 13.8. The Hall–Kier alpha value is -3.20. The van der Waals surface area contributed by atoms with Crippen molar-refractivity contribution in [3.8, 4) is 0 Å². The highest BCUT2D eigenvalue weighted by molar-refractivity contribution is 7.92. The number of sulfone groups is 1. The Kier molecular flexibility index (Phi) is 10.3. The van der Waals surface area contributed by atoms with Gasteiger partial charge in [0.2, 0.25) is 11.8 Å². The molecule has 1 aliphatic rings. The van der Waals surface area contributed by atoms with Gasteiger partial charge in [-0.3, -0.25) is 14.4 Å². The zero-order valence-corrected chi connectivity index (χ0v) is 24.4. The fourth-order valence-corrected chi connectivity index (χ4v) is 7.71. The predicted octanol–water partition coefficient (Wildman–Crippen LogP) is 2.66. The summed E-state index contributed by atoms with van der Waals surface area (Å²) in [5.74, 6) is -8.33. The van der Waals surface area contributed by atoms with Gasteiger partial charge in [0.05, 0.1) is 33.2 Å². The molecule has 7 N–H and O–H groups in total. The van der Waals surface area contributed by atoms with E-state index < -0.39 is 73.7 Å². The predicted molar refractivity (Wildman–Crippen MR) is 149 cm³/mol. The zero-order chi connectivity index (χ0) is 31.6. The molecule has 0 aliphatic heterocycles. The van der Waals surface area contributed by atoms with E-state index in [0.717, 1.165) is 6.07 Å². The average Bonchev–Trinajstić information content (AvgIpc) is 2.91. The lowest BCUT2D eigenvalue weighted by Gasteiger charge is -2.47. The van der Waals surface area contributed by atoms with Crippen LogP contribution in [-0.2, 0) is 19.4 Å². The molecule has 15 heteroatoms. The van der Waals surface area contributed by atoms with Crippen LogP contribution in [-0.4, -0.2) is 54.7 Å². The van der Waals surface area contributed by atoms with E-state index in [1.807, 2.05) is 0 Å². The van der Waals surface area contributed by atoms with Crippen LogP contribution in [0.1, 0.15) is 49.9 Å². The van der Waals surface area contributed by atoms with Gasteiger partial charge >= 0.3 is 0 Å². The number of halogens is 4. The third-order valence-electron chi connectivity index (χ3n) is 7.70. The number of rotatable bonds is 10. The Morgan fingerprint density at radius 3 is 2.33 bits per heavy atom. The van der Waals surface area contributed by atoms with Gasteiger partial charge in [-0.1, -0.05) is 31.9 Å². The molecule has 42 heavy (non-hydrogen) atoms. The van der Waals surface area contributed by atoms with Crippen LogP contribution in [0.15, 0.2) is 35.2 Å². The molecule has 1 unspecified atom stereocenters. The standard InChI is InChI=1S/C27H32ClF3N4O6S/c1-3-15-8-17(6-13(2)27(15,39)12-34-26(38)21(32)11-23(33)36)42(40,41)22-7-14(4-5-18(22)28)25(37)35-16-9-19(29)24(31)20(30)10-16/h4-5,7,9-10,13,15,17,21,39H,3,6,8,11-12,32H2,1-2H3,(H2,33,36)(H,34,38)(H,35,37)/t13-,15?,17-,21-,27-/m0/s1. The normalized spacial score (nSPS) is 23.2. The number of benzene rings is 2. The SMILES string of the molecule is CCC1C[C@@H](S(=O)(=O)c2cc(C(=O)Nc3cc(F)c(F)c(F)c3)ccc2Cl)C[C@H](C)[C@@]1(O)CNC(=O)[C@@H](N)CC(N)=O. The molecule has 0 aromatic heterocycles. The summed E-state index contributed by atoms with van der Waals surface area (Å²) in [4.78, 5) is 35.8. The molecule has 0 spiro atoms. The van der Waals surface area contributed by atoms with E-state index in [-0.39, 0.29) is 47.0 Å². The average molecular weight is 633 g/mol. The first kappa shape index (κ1) is 33.3. The van der Waals surface area contributed by atoms with Crippen molar-refractivity contribution >= 4 is 44.8 Å². The molecular weight excluding hydrogens is 601 g/mol. The molecule has 1 aliphatic carbocycles. The summed E-state index contributed by atoms with van der Waals surface area (Å²) in [7, 11) is -4.18. The quantitative estimate of drug-likeness (QED) is 0.250. The van der Waals surface area contributed by atoms with E-state index in [0.29, 0.717) is 18.6 Å². The van der Waals surface area contributed by atoms with Gasteiger partial charge in [-0.25, -0.2) is 21.6 Å². The second kappa shape index (κ2) is 13.0. The van der Waals surface area contributed by atoms with Crippen LogP contribution in [0.3, 0.4) is 0 Å². The van der Waals surface area contributed by atoms with Crippen molar-refractivity contribution in [2.24, 2.45) is 23.3 Å². The van der Waals surface area contributed by atoms with Crippen molar-refractivity contribution < 1.29 is 41.1 Å². The summed E-state index contributed by atoms with van der Waals surface area (Å²) in [5, 5.41) is 15.1. The number of hydrogen-bond acceptors (Lipinski definition) is 7. The molecule has 1 fully saturated rings. The summed E-state index contributed by atoms with van der Waals surface area (Å²) in [6.07, 6.45) is -0.0346. The zero-order valence-electron chi connectivity index (χ0n) is 22.8. The monoisotopic (exact) mass is 632 g/mol. The number of hydrogen-bond donors (Lipinski definition) is 5. The lowest BCUT2D eigenvalue weighted by atomic mass is 9.67. The highest BCUT2D eigenvalue weighted by atomic mass is 35.5. The molecule has 10 nitrogen and oxygen atoms in total. The van der Waals surface area contributed by atoms with Crippen molar-refractivity contribution in [3.63, 3.8) is 0 Å². The molecule has 0 saturated heterocycles. The minimum absolute atomic E-state index is 0.00374. The van der Waals surface area contributed by atoms with Gasteiger partial charge in [0, 0.05) is 29.9 Å². The number of anilines is 1. The van der Waals surface area contributed by atoms with Crippen LogP contribution in [0.4, 0.5) is 18.9 Å². The maximum Gasteiger partial charge on any atom is 0.255 e. The molecule has 0 radical (unpaired) electrons. The van der Waals surface area contributed by atoms with Gasteiger partial charge in [-0.2, -0.15) is 0 Å². The van der Waals surface area contributed by atoms with Crippen LogP contribution in [0, 0.1) is 29.3 Å². The van der Waals surface area contributed by atoms with Crippen LogP contribution in [0.25, 0.3) is 0 Å². The smallest absolute Gasteiger partial charge is 0.255 e. The second-order valence-corrected chi connectivity index (χ2v) is 13.1. The Labute approximate surface area is 245 Å². The van der Waals surface area contributed by atoms with Crippen molar-refractivity contribution in [1.82, 2.24) is 5.32 Å². The van der Waals surface area contributed by atoms with Gasteiger partial charge in [0.25, 0.3) is 5.91 Å². The fourth-order valence-electron chi connectivity index (χ4n) is 5.25. The van der Waals surface area contributed by atoms with Crippen LogP contribution in [0.2, 0.25) is 5.02 Å². The minimum atomic E-state index is -4.18. The number of carbonyl (C=O) groups excluding carboxylic acids is 3. The van der Waals surface area contributed by atoms with E-state index in [4.69, 9.17) is 23.1 Å². The summed E-state index contributed by atoms with van der Waals surface area (Å²) < 4.78 is 67.9. The van der Waals surface area contributed by atoms with Gasteiger partial charge in [0.15, 0.2) is 27.3 Å². The number of amides is 3. The van der Waals surface area contributed by atoms with Crippen molar-refractivity contribution in [1.29, 1.82) is 0 Å². The number of carbonyl (C=O) groups is 3. The highest BCUT2D eigenvalue weighted by Crippen LogP contribution is 2.44. The molecule has 3 rings (SSSR count). The topological polar surface area (TPSA) is 182 Å².